The third-order valence-electron chi connectivity index (χ3n) is 4.50. The number of nitrogens with two attached hydrogens (primary N) is 1. The van der Waals surface area contributed by atoms with Gasteiger partial charge >= 0.3 is 0 Å². The minimum absolute atomic E-state index is 0.306. The average Bonchev–Trinajstić information content (AvgIpc) is 2.75. The minimum Gasteiger partial charge on any atom is -0.495 e. The van der Waals surface area contributed by atoms with E-state index in [9.17, 15) is 5.26 Å². The quantitative estimate of drug-likeness (QED) is 0.925. The number of ether oxygens (including phenoxy) is 1. The number of methoxy groups -OCH3 is 1. The number of likely N-dealkylation sites (tertiary alicyclic amines) is 1. The molecule has 1 heterocycles. The van der Waals surface area contributed by atoms with Crippen LogP contribution < -0.4 is 10.5 Å². The monoisotopic (exact) mass is 287 g/mol. The fourth-order valence-corrected chi connectivity index (χ4v) is 3.40. The van der Waals surface area contributed by atoms with E-state index in [1.807, 2.05) is 12.1 Å². The Morgan fingerprint density at radius 1 is 1.43 bits per heavy atom. The molecule has 0 bridgehead atoms. The highest BCUT2D eigenvalue weighted by molar-refractivity contribution is 5.46. The predicted molar refractivity (Wildman–Crippen MR) is 84.1 cm³/mol. The Hall–Kier alpha value is -1.57. The molecule has 114 valence electrons. The van der Waals surface area contributed by atoms with E-state index in [4.69, 9.17) is 10.5 Å². The van der Waals surface area contributed by atoms with Crippen LogP contribution in [0.4, 0.5) is 0 Å². The lowest BCUT2D eigenvalue weighted by atomic mass is 9.88. The van der Waals surface area contributed by atoms with Crippen LogP contribution in [0.1, 0.15) is 43.4 Å². The van der Waals surface area contributed by atoms with Crippen LogP contribution in [0.15, 0.2) is 18.2 Å². The summed E-state index contributed by atoms with van der Waals surface area (Å²) in [5, 5.41) is 9.31. The van der Waals surface area contributed by atoms with E-state index < -0.39 is 0 Å². The highest BCUT2D eigenvalue weighted by Gasteiger charge is 2.29. The van der Waals surface area contributed by atoms with Crippen molar-refractivity contribution in [2.75, 3.05) is 26.7 Å². The predicted octanol–water partition coefficient (Wildman–Crippen LogP) is 2.69. The van der Waals surface area contributed by atoms with Gasteiger partial charge in [-0.1, -0.05) is 19.4 Å². The second-order valence-electron chi connectivity index (χ2n) is 5.64. The zero-order chi connectivity index (χ0) is 15.2. The van der Waals surface area contributed by atoms with E-state index in [1.165, 1.54) is 18.4 Å². The maximum absolute atomic E-state index is 9.31. The zero-order valence-corrected chi connectivity index (χ0v) is 13.0. The first-order valence-electron chi connectivity index (χ1n) is 7.77. The van der Waals surface area contributed by atoms with Gasteiger partial charge in [-0.3, -0.25) is 4.90 Å². The summed E-state index contributed by atoms with van der Waals surface area (Å²) in [5.74, 6) is 1.09. The van der Waals surface area contributed by atoms with Crippen molar-refractivity contribution in [2.45, 2.75) is 32.2 Å². The highest BCUT2D eigenvalue weighted by atomic mass is 16.5. The molecular weight excluding hydrogens is 262 g/mol. The number of rotatable bonds is 4. The Kier molecular flexibility index (Phi) is 5.60. The molecule has 0 radical (unpaired) electrons. The summed E-state index contributed by atoms with van der Waals surface area (Å²) >= 11 is 0. The van der Waals surface area contributed by atoms with Gasteiger partial charge < -0.3 is 10.5 Å². The second kappa shape index (κ2) is 7.44. The van der Waals surface area contributed by atoms with Gasteiger partial charge in [0.15, 0.2) is 0 Å². The Labute approximate surface area is 127 Å². The van der Waals surface area contributed by atoms with E-state index in [2.05, 4.69) is 24.0 Å². The van der Waals surface area contributed by atoms with Gasteiger partial charge in [0.25, 0.3) is 0 Å². The van der Waals surface area contributed by atoms with Gasteiger partial charge in [-0.15, -0.1) is 0 Å². The molecule has 0 spiro atoms. The van der Waals surface area contributed by atoms with E-state index in [-0.39, 0.29) is 0 Å². The molecule has 0 saturated carbocycles. The summed E-state index contributed by atoms with van der Waals surface area (Å²) in [4.78, 5) is 2.49. The maximum Gasteiger partial charge on any atom is 0.136 e. The van der Waals surface area contributed by atoms with Crippen molar-refractivity contribution in [2.24, 2.45) is 11.7 Å². The van der Waals surface area contributed by atoms with Crippen LogP contribution in [0.3, 0.4) is 0 Å². The third kappa shape index (κ3) is 3.37. The Morgan fingerprint density at radius 2 is 2.24 bits per heavy atom. The molecular formula is C17H25N3O. The minimum atomic E-state index is 0.306. The van der Waals surface area contributed by atoms with Gasteiger partial charge in [-0.25, -0.2) is 0 Å². The van der Waals surface area contributed by atoms with Crippen LogP contribution in [0.2, 0.25) is 0 Å². The van der Waals surface area contributed by atoms with Crippen molar-refractivity contribution in [3.63, 3.8) is 0 Å². The summed E-state index contributed by atoms with van der Waals surface area (Å²) in [6.45, 7) is 5.00. The van der Waals surface area contributed by atoms with Crippen LogP contribution in [0.25, 0.3) is 0 Å². The summed E-state index contributed by atoms with van der Waals surface area (Å²) < 4.78 is 5.25. The third-order valence-corrected chi connectivity index (χ3v) is 4.50. The van der Waals surface area contributed by atoms with Crippen LogP contribution in [-0.2, 0) is 0 Å². The smallest absolute Gasteiger partial charge is 0.136 e. The first-order chi connectivity index (χ1) is 10.2. The molecule has 2 rings (SSSR count). The average molecular weight is 287 g/mol. The largest absolute Gasteiger partial charge is 0.495 e. The van der Waals surface area contributed by atoms with Crippen LogP contribution in [-0.4, -0.2) is 31.6 Å². The summed E-state index contributed by atoms with van der Waals surface area (Å²) in [6, 6.07) is 8.50. The normalized spacial score (nSPS) is 23.3. The fourth-order valence-electron chi connectivity index (χ4n) is 3.40. The number of hydrogen-bond donors (Lipinski definition) is 1. The van der Waals surface area contributed by atoms with Crippen LogP contribution >= 0.6 is 0 Å². The van der Waals surface area contributed by atoms with Crippen molar-refractivity contribution in [1.82, 2.24) is 4.90 Å². The first kappa shape index (κ1) is 15.8. The van der Waals surface area contributed by atoms with E-state index >= 15 is 0 Å². The molecule has 1 aliphatic heterocycles. The van der Waals surface area contributed by atoms with Gasteiger partial charge in [0.1, 0.15) is 11.8 Å². The van der Waals surface area contributed by atoms with Crippen LogP contribution in [0.5, 0.6) is 5.75 Å². The Balaban J connectivity index is 2.41. The van der Waals surface area contributed by atoms with Gasteiger partial charge in [-0.05, 0) is 56.1 Å². The van der Waals surface area contributed by atoms with Crippen molar-refractivity contribution >= 4 is 0 Å². The molecule has 0 amide bonds. The van der Waals surface area contributed by atoms with Gasteiger partial charge in [0.05, 0.1) is 12.7 Å². The molecule has 0 aliphatic carbocycles. The lowest BCUT2D eigenvalue weighted by Crippen LogP contribution is -2.35. The second-order valence-corrected chi connectivity index (χ2v) is 5.64. The molecule has 0 aromatic heterocycles. The topological polar surface area (TPSA) is 62.3 Å². The molecule has 2 unspecified atom stereocenters. The number of benzene rings is 1. The van der Waals surface area contributed by atoms with Crippen molar-refractivity contribution in [1.29, 1.82) is 5.26 Å². The van der Waals surface area contributed by atoms with Crippen molar-refractivity contribution < 1.29 is 4.74 Å². The number of nitriles is 1. The van der Waals surface area contributed by atoms with Crippen molar-refractivity contribution in [3.8, 4) is 11.8 Å². The SMILES string of the molecule is CCN1CCCCC(CN)C1c1ccc(OC)c(C#N)c1. The summed E-state index contributed by atoms with van der Waals surface area (Å²) in [5.41, 5.74) is 7.82. The number of hydrogen-bond acceptors (Lipinski definition) is 4. The molecule has 2 atom stereocenters. The summed E-state index contributed by atoms with van der Waals surface area (Å²) in [6.07, 6.45) is 3.61. The summed E-state index contributed by atoms with van der Waals surface area (Å²) in [7, 11) is 1.60. The highest BCUT2D eigenvalue weighted by Crippen LogP contribution is 2.36. The van der Waals surface area contributed by atoms with Crippen LogP contribution in [0, 0.1) is 17.2 Å². The Bertz CT molecular complexity index is 495. The Morgan fingerprint density at radius 3 is 2.86 bits per heavy atom. The van der Waals surface area contributed by atoms with Gasteiger partial charge in [0, 0.05) is 6.04 Å². The molecule has 1 saturated heterocycles. The zero-order valence-electron chi connectivity index (χ0n) is 13.0. The van der Waals surface area contributed by atoms with Gasteiger partial charge in [0.2, 0.25) is 0 Å². The fraction of sp³-hybridized carbons (Fsp3) is 0.588. The lowest BCUT2D eigenvalue weighted by Gasteiger charge is -2.34. The molecule has 4 nitrogen and oxygen atoms in total. The molecule has 1 aromatic rings. The van der Waals surface area contributed by atoms with Gasteiger partial charge in [-0.2, -0.15) is 5.26 Å². The molecule has 4 heteroatoms. The molecule has 1 aliphatic rings. The van der Waals surface area contributed by atoms with E-state index in [0.29, 0.717) is 29.8 Å². The lowest BCUT2D eigenvalue weighted by molar-refractivity contribution is 0.166. The molecule has 21 heavy (non-hydrogen) atoms. The van der Waals surface area contributed by atoms with E-state index in [1.54, 1.807) is 7.11 Å². The standard InChI is InChI=1S/C17H25N3O/c1-3-20-9-5-4-6-14(11-18)17(20)13-7-8-16(21-2)15(10-13)12-19/h7-8,10,14,17H,3-6,9,11,18H2,1-2H3. The molecule has 1 aromatic carbocycles. The van der Waals surface area contributed by atoms with E-state index in [0.717, 1.165) is 19.5 Å². The number of nitrogens with zero attached hydrogens (tertiary/aromatic N) is 2. The molecule has 1 fully saturated rings. The van der Waals surface area contributed by atoms with Crippen molar-refractivity contribution in [3.05, 3.63) is 29.3 Å². The maximum atomic E-state index is 9.31. The molecule has 2 N–H and O–H groups in total. The first-order valence-corrected chi connectivity index (χ1v) is 7.77.